The standard InChI is InChI=1S/C26H23NO3/c28-25(29-18-19-9-3-1-4-10-19)24-15-22(20-11-5-2-6-12-20)16-26(30-24)23-14-8-7-13-21(23)17-27-26/h1-15,22,27H,16-18H2. The third-order valence-electron chi connectivity index (χ3n) is 5.80. The summed E-state index contributed by atoms with van der Waals surface area (Å²) in [6.45, 7) is 0.928. The highest BCUT2D eigenvalue weighted by Crippen LogP contribution is 2.45. The summed E-state index contributed by atoms with van der Waals surface area (Å²) in [6, 6.07) is 28.1. The molecule has 0 radical (unpaired) electrons. The summed E-state index contributed by atoms with van der Waals surface area (Å²) in [5, 5.41) is 3.52. The molecular weight excluding hydrogens is 374 g/mol. The molecule has 30 heavy (non-hydrogen) atoms. The van der Waals surface area contributed by atoms with Gasteiger partial charge < -0.3 is 9.47 Å². The zero-order valence-electron chi connectivity index (χ0n) is 16.6. The summed E-state index contributed by atoms with van der Waals surface area (Å²) in [5.41, 5.74) is 3.66. The summed E-state index contributed by atoms with van der Waals surface area (Å²) in [4.78, 5) is 13.0. The highest BCUT2D eigenvalue weighted by atomic mass is 16.6. The van der Waals surface area contributed by atoms with E-state index in [2.05, 4.69) is 29.6 Å². The Morgan fingerprint density at radius 2 is 1.67 bits per heavy atom. The topological polar surface area (TPSA) is 47.6 Å². The van der Waals surface area contributed by atoms with Gasteiger partial charge in [0.25, 0.3) is 0 Å². The first-order valence-electron chi connectivity index (χ1n) is 10.2. The molecule has 2 atom stereocenters. The van der Waals surface area contributed by atoms with Crippen molar-refractivity contribution in [2.45, 2.75) is 31.2 Å². The molecule has 1 N–H and O–H groups in total. The number of allylic oxidation sites excluding steroid dienone is 1. The van der Waals surface area contributed by atoms with Crippen LogP contribution in [0.1, 0.15) is 34.6 Å². The molecule has 2 aliphatic heterocycles. The number of carbonyl (C=O) groups is 1. The molecule has 3 aromatic rings. The molecule has 0 saturated carbocycles. The van der Waals surface area contributed by atoms with Crippen LogP contribution < -0.4 is 5.32 Å². The van der Waals surface area contributed by atoms with Gasteiger partial charge in [-0.3, -0.25) is 5.32 Å². The number of hydrogen-bond acceptors (Lipinski definition) is 4. The Hall–Kier alpha value is -3.37. The SMILES string of the molecule is O=C(OCc1ccccc1)C1=CC(c2ccccc2)CC2(NCc3ccccc32)O1. The van der Waals surface area contributed by atoms with Crippen molar-refractivity contribution in [1.29, 1.82) is 0 Å². The lowest BCUT2D eigenvalue weighted by Gasteiger charge is -2.38. The maximum atomic E-state index is 13.0. The van der Waals surface area contributed by atoms with Gasteiger partial charge in [-0.15, -0.1) is 0 Å². The molecule has 2 unspecified atom stereocenters. The van der Waals surface area contributed by atoms with Crippen LogP contribution in [0.4, 0.5) is 0 Å². The predicted molar refractivity (Wildman–Crippen MR) is 114 cm³/mol. The third kappa shape index (κ3) is 3.51. The average Bonchev–Trinajstić information content (AvgIpc) is 3.16. The maximum absolute atomic E-state index is 13.0. The number of rotatable bonds is 4. The van der Waals surface area contributed by atoms with Gasteiger partial charge in [0.05, 0.1) is 0 Å². The molecule has 1 spiro atoms. The van der Waals surface area contributed by atoms with Gasteiger partial charge in [0.1, 0.15) is 6.61 Å². The molecular formula is C26H23NO3. The van der Waals surface area contributed by atoms with E-state index in [1.54, 1.807) is 0 Å². The highest BCUT2D eigenvalue weighted by molar-refractivity contribution is 5.86. The minimum absolute atomic E-state index is 0.0397. The number of esters is 1. The smallest absolute Gasteiger partial charge is 0.373 e. The summed E-state index contributed by atoms with van der Waals surface area (Å²) in [5.74, 6) is -0.141. The number of benzene rings is 3. The van der Waals surface area contributed by atoms with Crippen LogP contribution in [0.25, 0.3) is 0 Å². The average molecular weight is 397 g/mol. The summed E-state index contributed by atoms with van der Waals surface area (Å²) >= 11 is 0. The number of carbonyl (C=O) groups excluding carboxylic acids is 1. The van der Waals surface area contributed by atoms with E-state index < -0.39 is 11.7 Å². The minimum Gasteiger partial charge on any atom is -0.461 e. The van der Waals surface area contributed by atoms with Crippen molar-refractivity contribution in [2.24, 2.45) is 0 Å². The monoisotopic (exact) mass is 397 g/mol. The molecule has 0 aliphatic carbocycles. The molecule has 4 heteroatoms. The Morgan fingerprint density at radius 3 is 2.47 bits per heavy atom. The lowest BCUT2D eigenvalue weighted by atomic mass is 9.84. The molecule has 4 nitrogen and oxygen atoms in total. The Kier molecular flexibility index (Phi) is 4.85. The van der Waals surface area contributed by atoms with Gasteiger partial charge in [0, 0.05) is 24.4 Å². The van der Waals surface area contributed by atoms with E-state index in [0.29, 0.717) is 13.0 Å². The van der Waals surface area contributed by atoms with E-state index in [0.717, 1.165) is 16.7 Å². The van der Waals surface area contributed by atoms with E-state index in [-0.39, 0.29) is 18.3 Å². The van der Waals surface area contributed by atoms with Gasteiger partial charge in [0.2, 0.25) is 5.76 Å². The zero-order chi connectivity index (χ0) is 20.4. The fraction of sp³-hybridized carbons (Fsp3) is 0.192. The van der Waals surface area contributed by atoms with Gasteiger partial charge in [0.15, 0.2) is 5.72 Å². The van der Waals surface area contributed by atoms with E-state index in [9.17, 15) is 4.79 Å². The normalized spacial score (nSPS) is 22.1. The molecule has 5 rings (SSSR count). The number of nitrogens with one attached hydrogen (secondary N) is 1. The van der Waals surface area contributed by atoms with Crippen LogP contribution in [0.5, 0.6) is 0 Å². The van der Waals surface area contributed by atoms with E-state index in [1.165, 1.54) is 5.56 Å². The van der Waals surface area contributed by atoms with Crippen molar-refractivity contribution >= 4 is 5.97 Å². The lowest BCUT2D eigenvalue weighted by Crippen LogP contribution is -2.44. The van der Waals surface area contributed by atoms with Crippen molar-refractivity contribution in [3.63, 3.8) is 0 Å². The van der Waals surface area contributed by atoms with Gasteiger partial charge in [-0.2, -0.15) is 0 Å². The second kappa shape index (κ2) is 7.81. The van der Waals surface area contributed by atoms with Gasteiger partial charge in [-0.25, -0.2) is 4.79 Å². The van der Waals surface area contributed by atoms with Crippen LogP contribution in [0.3, 0.4) is 0 Å². The van der Waals surface area contributed by atoms with Crippen LogP contribution in [0.2, 0.25) is 0 Å². The number of ether oxygens (including phenoxy) is 2. The van der Waals surface area contributed by atoms with Crippen molar-refractivity contribution < 1.29 is 14.3 Å². The largest absolute Gasteiger partial charge is 0.461 e. The molecule has 0 amide bonds. The van der Waals surface area contributed by atoms with Crippen molar-refractivity contribution in [2.75, 3.05) is 0 Å². The molecule has 150 valence electrons. The molecule has 0 fully saturated rings. The quantitative estimate of drug-likeness (QED) is 0.644. The number of hydrogen-bond donors (Lipinski definition) is 1. The minimum atomic E-state index is -0.729. The molecule has 2 aliphatic rings. The zero-order valence-corrected chi connectivity index (χ0v) is 16.6. The second-order valence-electron chi connectivity index (χ2n) is 7.75. The van der Waals surface area contributed by atoms with Crippen LogP contribution in [-0.4, -0.2) is 5.97 Å². The first-order valence-corrected chi connectivity index (χ1v) is 10.2. The first-order chi connectivity index (χ1) is 14.7. The van der Waals surface area contributed by atoms with Crippen LogP contribution in [-0.2, 0) is 33.1 Å². The molecule has 0 bridgehead atoms. The second-order valence-corrected chi connectivity index (χ2v) is 7.75. The molecule has 0 saturated heterocycles. The van der Waals surface area contributed by atoms with Crippen LogP contribution in [0.15, 0.2) is 96.8 Å². The fourth-order valence-corrected chi connectivity index (χ4v) is 4.31. The predicted octanol–water partition coefficient (Wildman–Crippen LogP) is 4.77. The number of fused-ring (bicyclic) bond motifs is 2. The lowest BCUT2D eigenvalue weighted by molar-refractivity contribution is -0.151. The van der Waals surface area contributed by atoms with Gasteiger partial charge >= 0.3 is 5.97 Å². The van der Waals surface area contributed by atoms with E-state index in [1.807, 2.05) is 66.7 Å². The Labute approximate surface area is 176 Å². The first kappa shape index (κ1) is 18.6. The maximum Gasteiger partial charge on any atom is 0.373 e. The Balaban J connectivity index is 1.46. The van der Waals surface area contributed by atoms with Gasteiger partial charge in [-0.1, -0.05) is 84.9 Å². The molecule has 2 heterocycles. The highest BCUT2D eigenvalue weighted by Gasteiger charge is 2.46. The summed E-state index contributed by atoms with van der Waals surface area (Å²) < 4.78 is 11.9. The molecule has 3 aromatic carbocycles. The Morgan fingerprint density at radius 1 is 0.967 bits per heavy atom. The summed E-state index contributed by atoms with van der Waals surface area (Å²) in [7, 11) is 0. The van der Waals surface area contributed by atoms with Crippen LogP contribution in [0, 0.1) is 0 Å². The fourth-order valence-electron chi connectivity index (χ4n) is 4.31. The van der Waals surface area contributed by atoms with E-state index in [4.69, 9.17) is 9.47 Å². The van der Waals surface area contributed by atoms with E-state index >= 15 is 0 Å². The third-order valence-corrected chi connectivity index (χ3v) is 5.80. The van der Waals surface area contributed by atoms with Crippen LogP contribution >= 0.6 is 0 Å². The van der Waals surface area contributed by atoms with Gasteiger partial charge in [-0.05, 0) is 22.8 Å². The Bertz CT molecular complexity index is 1080. The summed E-state index contributed by atoms with van der Waals surface area (Å²) in [6.07, 6.45) is 2.61. The molecule has 0 aromatic heterocycles. The van der Waals surface area contributed by atoms with Crippen molar-refractivity contribution in [3.8, 4) is 0 Å². The van der Waals surface area contributed by atoms with Crippen molar-refractivity contribution in [3.05, 3.63) is 119 Å². The van der Waals surface area contributed by atoms with Crippen molar-refractivity contribution in [1.82, 2.24) is 5.32 Å².